The minimum Gasteiger partial charge on any atom is -0.379 e. The Balaban J connectivity index is 1.60. The molecule has 4 heteroatoms. The van der Waals surface area contributed by atoms with Crippen LogP contribution in [0.5, 0.6) is 0 Å². The fourth-order valence-corrected chi connectivity index (χ4v) is 4.36. The van der Waals surface area contributed by atoms with Gasteiger partial charge < -0.3 is 4.74 Å². The van der Waals surface area contributed by atoms with Gasteiger partial charge in [0.2, 0.25) is 5.91 Å². The fourth-order valence-electron chi connectivity index (χ4n) is 4.36. The van der Waals surface area contributed by atoms with E-state index < -0.39 is 0 Å². The van der Waals surface area contributed by atoms with E-state index in [4.69, 9.17) is 4.74 Å². The molecule has 0 aromatic heterocycles. The summed E-state index contributed by atoms with van der Waals surface area (Å²) in [5.41, 5.74) is 4.76. The molecule has 2 heterocycles. The van der Waals surface area contributed by atoms with Crippen molar-refractivity contribution in [3.05, 3.63) is 71.4 Å². The van der Waals surface area contributed by atoms with Crippen LogP contribution in [-0.2, 0) is 16.0 Å². The molecule has 29 heavy (non-hydrogen) atoms. The standard InChI is InChI=1S/C25H30N2O2/c1-2-6-23(26-15-17-29-18-16-26)21-9-11-24-22(19-21)10-12-25(28)27(24)14-13-20-7-4-3-5-8-20/h3-5,7-9,11,13-14,19,23H,2,6,10,12,15-18H2,1H3. The third-order valence-electron chi connectivity index (χ3n) is 5.89. The number of hydrogen-bond donors (Lipinski definition) is 0. The van der Waals surface area contributed by atoms with E-state index in [-0.39, 0.29) is 5.91 Å². The Morgan fingerprint density at radius 1 is 1.07 bits per heavy atom. The summed E-state index contributed by atoms with van der Waals surface area (Å²) >= 11 is 0. The van der Waals surface area contributed by atoms with Crippen molar-refractivity contribution in [2.75, 3.05) is 31.2 Å². The van der Waals surface area contributed by atoms with Crippen molar-refractivity contribution in [1.82, 2.24) is 4.90 Å². The summed E-state index contributed by atoms with van der Waals surface area (Å²) in [6.45, 7) is 5.87. The van der Waals surface area contributed by atoms with Gasteiger partial charge in [-0.3, -0.25) is 14.6 Å². The Labute approximate surface area is 173 Å². The molecule has 2 aromatic carbocycles. The van der Waals surface area contributed by atoms with Gasteiger partial charge in [-0.05, 0) is 41.7 Å². The molecule has 0 aliphatic carbocycles. The minimum atomic E-state index is 0.163. The smallest absolute Gasteiger partial charge is 0.231 e. The van der Waals surface area contributed by atoms with Crippen LogP contribution in [0.15, 0.2) is 54.7 Å². The monoisotopic (exact) mass is 390 g/mol. The van der Waals surface area contributed by atoms with Crippen molar-refractivity contribution in [3.63, 3.8) is 0 Å². The molecule has 4 rings (SSSR count). The van der Waals surface area contributed by atoms with Crippen LogP contribution in [-0.4, -0.2) is 37.1 Å². The Morgan fingerprint density at radius 3 is 2.62 bits per heavy atom. The molecule has 2 aromatic rings. The normalized spacial score (nSPS) is 18.8. The van der Waals surface area contributed by atoms with Gasteiger partial charge in [-0.15, -0.1) is 0 Å². The number of anilines is 1. The van der Waals surface area contributed by atoms with Crippen LogP contribution in [0, 0.1) is 0 Å². The lowest BCUT2D eigenvalue weighted by molar-refractivity contribution is -0.118. The molecule has 1 fully saturated rings. The topological polar surface area (TPSA) is 32.8 Å². The number of aryl methyl sites for hydroxylation is 1. The first kappa shape index (κ1) is 19.9. The van der Waals surface area contributed by atoms with Gasteiger partial charge in [0.25, 0.3) is 0 Å². The van der Waals surface area contributed by atoms with Gasteiger partial charge in [-0.2, -0.15) is 0 Å². The Bertz CT molecular complexity index is 856. The molecular formula is C25H30N2O2. The number of carbonyl (C=O) groups is 1. The summed E-state index contributed by atoms with van der Waals surface area (Å²) in [5, 5.41) is 0. The van der Waals surface area contributed by atoms with Crippen molar-refractivity contribution >= 4 is 17.7 Å². The third kappa shape index (κ3) is 4.60. The molecule has 2 aliphatic heterocycles. The highest BCUT2D eigenvalue weighted by Crippen LogP contribution is 2.34. The number of rotatable bonds is 6. The van der Waals surface area contributed by atoms with E-state index in [1.54, 1.807) is 0 Å². The van der Waals surface area contributed by atoms with Gasteiger partial charge in [-0.25, -0.2) is 0 Å². The zero-order valence-electron chi connectivity index (χ0n) is 17.2. The van der Waals surface area contributed by atoms with Gasteiger partial charge in [0.15, 0.2) is 0 Å². The zero-order chi connectivity index (χ0) is 20.1. The molecule has 1 unspecified atom stereocenters. The van der Waals surface area contributed by atoms with Crippen LogP contribution in [0.4, 0.5) is 5.69 Å². The van der Waals surface area contributed by atoms with E-state index in [9.17, 15) is 4.79 Å². The summed E-state index contributed by atoms with van der Waals surface area (Å²) in [4.78, 5) is 17.0. The molecule has 2 aliphatic rings. The second kappa shape index (κ2) is 9.38. The Hall–Kier alpha value is -2.43. The predicted octanol–water partition coefficient (Wildman–Crippen LogP) is 4.81. The van der Waals surface area contributed by atoms with Crippen molar-refractivity contribution < 1.29 is 9.53 Å². The molecule has 0 bridgehead atoms. The van der Waals surface area contributed by atoms with Gasteiger partial charge >= 0.3 is 0 Å². The minimum absolute atomic E-state index is 0.163. The quantitative estimate of drug-likeness (QED) is 0.710. The van der Waals surface area contributed by atoms with Crippen LogP contribution in [0.25, 0.3) is 6.08 Å². The van der Waals surface area contributed by atoms with Gasteiger partial charge in [0, 0.05) is 31.8 Å². The molecule has 0 radical (unpaired) electrons. The van der Waals surface area contributed by atoms with Crippen LogP contribution in [0.2, 0.25) is 0 Å². The van der Waals surface area contributed by atoms with Gasteiger partial charge in [-0.1, -0.05) is 55.8 Å². The Morgan fingerprint density at radius 2 is 1.86 bits per heavy atom. The highest BCUT2D eigenvalue weighted by Gasteiger charge is 2.26. The average molecular weight is 391 g/mol. The summed E-state index contributed by atoms with van der Waals surface area (Å²) in [6, 6.07) is 17.2. The molecule has 1 saturated heterocycles. The maximum Gasteiger partial charge on any atom is 0.231 e. The van der Waals surface area contributed by atoms with Crippen molar-refractivity contribution in [1.29, 1.82) is 0 Å². The molecule has 0 saturated carbocycles. The number of carbonyl (C=O) groups excluding carboxylic acids is 1. The highest BCUT2D eigenvalue weighted by atomic mass is 16.5. The Kier molecular flexibility index (Phi) is 6.43. The largest absolute Gasteiger partial charge is 0.379 e. The van der Waals surface area contributed by atoms with E-state index in [2.05, 4.69) is 30.0 Å². The summed E-state index contributed by atoms with van der Waals surface area (Å²) in [5.74, 6) is 0.163. The second-order valence-corrected chi connectivity index (χ2v) is 7.83. The maximum absolute atomic E-state index is 12.6. The first-order valence-electron chi connectivity index (χ1n) is 10.8. The predicted molar refractivity (Wildman–Crippen MR) is 118 cm³/mol. The zero-order valence-corrected chi connectivity index (χ0v) is 17.2. The lowest BCUT2D eigenvalue weighted by atomic mass is 9.93. The molecule has 1 atom stereocenters. The molecule has 1 amide bonds. The van der Waals surface area contributed by atoms with E-state index >= 15 is 0 Å². The van der Waals surface area contributed by atoms with E-state index in [0.29, 0.717) is 12.5 Å². The summed E-state index contributed by atoms with van der Waals surface area (Å²) < 4.78 is 5.55. The number of amides is 1. The number of ether oxygens (including phenoxy) is 1. The highest BCUT2D eigenvalue weighted by molar-refractivity contribution is 5.98. The average Bonchev–Trinajstić information content (AvgIpc) is 2.78. The fraction of sp³-hybridized carbons (Fsp3) is 0.400. The summed E-state index contributed by atoms with van der Waals surface area (Å²) in [7, 11) is 0. The number of hydrogen-bond acceptors (Lipinski definition) is 3. The third-order valence-corrected chi connectivity index (χ3v) is 5.89. The lowest BCUT2D eigenvalue weighted by Gasteiger charge is -2.35. The maximum atomic E-state index is 12.6. The number of nitrogens with zero attached hydrogens (tertiary/aromatic N) is 2. The van der Waals surface area contributed by atoms with Gasteiger partial charge in [0.05, 0.1) is 18.9 Å². The van der Waals surface area contributed by atoms with E-state index in [0.717, 1.165) is 56.8 Å². The molecule has 152 valence electrons. The van der Waals surface area contributed by atoms with Crippen LogP contribution in [0.1, 0.15) is 48.9 Å². The molecule has 4 nitrogen and oxygen atoms in total. The SMILES string of the molecule is CCCC(c1ccc2c(c1)CCC(=O)N2C=Cc1ccccc1)N1CCOCC1. The number of morpholine rings is 1. The van der Waals surface area contributed by atoms with Crippen molar-refractivity contribution in [2.45, 2.75) is 38.6 Å². The summed E-state index contributed by atoms with van der Waals surface area (Å²) in [6.07, 6.45) is 7.61. The lowest BCUT2D eigenvalue weighted by Crippen LogP contribution is -2.39. The first-order valence-corrected chi connectivity index (χ1v) is 10.8. The molecule has 0 N–H and O–H groups in total. The van der Waals surface area contributed by atoms with Crippen LogP contribution < -0.4 is 4.90 Å². The van der Waals surface area contributed by atoms with Crippen molar-refractivity contribution in [2.24, 2.45) is 0 Å². The second-order valence-electron chi connectivity index (χ2n) is 7.83. The van der Waals surface area contributed by atoms with E-state index in [1.807, 2.05) is 47.5 Å². The van der Waals surface area contributed by atoms with Crippen LogP contribution in [0.3, 0.4) is 0 Å². The van der Waals surface area contributed by atoms with Gasteiger partial charge in [0.1, 0.15) is 0 Å². The van der Waals surface area contributed by atoms with Crippen molar-refractivity contribution in [3.8, 4) is 0 Å². The van der Waals surface area contributed by atoms with Crippen LogP contribution >= 0.6 is 0 Å². The van der Waals surface area contributed by atoms with E-state index in [1.165, 1.54) is 11.1 Å². The molecule has 0 spiro atoms. The number of benzene rings is 2. The molecular weight excluding hydrogens is 360 g/mol. The number of fused-ring (bicyclic) bond motifs is 1. The first-order chi connectivity index (χ1) is 14.3.